The Morgan fingerprint density at radius 3 is 2.38 bits per heavy atom. The SMILES string of the molecule is CCCCCC(=O)OC(Cl)C(Cl)Cl. The lowest BCUT2D eigenvalue weighted by Gasteiger charge is -2.11. The summed E-state index contributed by atoms with van der Waals surface area (Å²) in [4.78, 5) is 10.1. The lowest BCUT2D eigenvalue weighted by Crippen LogP contribution is -2.18. The molecule has 1 atom stereocenters. The first-order valence-electron chi connectivity index (χ1n) is 4.19. The van der Waals surface area contributed by atoms with Crippen LogP contribution >= 0.6 is 34.8 Å². The van der Waals surface area contributed by atoms with E-state index in [1.54, 1.807) is 0 Å². The first-order valence-corrected chi connectivity index (χ1v) is 5.50. The number of hydrogen-bond donors (Lipinski definition) is 0. The van der Waals surface area contributed by atoms with E-state index >= 15 is 0 Å². The number of rotatable bonds is 6. The summed E-state index contributed by atoms with van der Waals surface area (Å²) in [5, 5.41) is 0. The van der Waals surface area contributed by atoms with E-state index in [0.29, 0.717) is 6.42 Å². The van der Waals surface area contributed by atoms with E-state index in [1.165, 1.54) is 0 Å². The second kappa shape index (κ2) is 7.72. The molecule has 2 nitrogen and oxygen atoms in total. The molecule has 0 saturated heterocycles. The van der Waals surface area contributed by atoms with Crippen LogP contribution in [0, 0.1) is 0 Å². The molecule has 0 N–H and O–H groups in total. The van der Waals surface area contributed by atoms with Crippen molar-refractivity contribution in [2.24, 2.45) is 0 Å². The highest BCUT2D eigenvalue weighted by atomic mass is 35.5. The fourth-order valence-corrected chi connectivity index (χ4v) is 0.958. The summed E-state index contributed by atoms with van der Waals surface area (Å²) in [5.74, 6) is -0.347. The highest BCUT2D eigenvalue weighted by molar-refractivity contribution is 6.48. The average molecular weight is 248 g/mol. The van der Waals surface area contributed by atoms with Crippen LogP contribution in [-0.4, -0.2) is 16.4 Å². The van der Waals surface area contributed by atoms with Crippen molar-refractivity contribution in [3.8, 4) is 0 Å². The zero-order valence-corrected chi connectivity index (χ0v) is 9.70. The third-order valence-electron chi connectivity index (χ3n) is 1.43. The van der Waals surface area contributed by atoms with Gasteiger partial charge in [-0.2, -0.15) is 0 Å². The van der Waals surface area contributed by atoms with Crippen molar-refractivity contribution in [3.63, 3.8) is 0 Å². The van der Waals surface area contributed by atoms with Gasteiger partial charge in [-0.25, -0.2) is 0 Å². The molecule has 0 aliphatic carbocycles. The molecule has 0 spiro atoms. The molecule has 1 unspecified atom stereocenters. The molecule has 0 rings (SSSR count). The minimum Gasteiger partial charge on any atom is -0.443 e. The molecule has 0 heterocycles. The Labute approximate surface area is 93.5 Å². The molecule has 0 radical (unpaired) electrons. The van der Waals surface area contributed by atoms with Crippen molar-refractivity contribution in [2.45, 2.75) is 43.0 Å². The molecule has 0 aromatic heterocycles. The quantitative estimate of drug-likeness (QED) is 0.408. The Bertz CT molecular complexity index is 150. The zero-order chi connectivity index (χ0) is 10.3. The van der Waals surface area contributed by atoms with Gasteiger partial charge in [-0.05, 0) is 6.42 Å². The van der Waals surface area contributed by atoms with Gasteiger partial charge >= 0.3 is 5.97 Å². The van der Waals surface area contributed by atoms with Crippen LogP contribution in [0.15, 0.2) is 0 Å². The maximum Gasteiger partial charge on any atom is 0.307 e. The normalized spacial score (nSPS) is 13.0. The topological polar surface area (TPSA) is 26.3 Å². The number of esters is 1. The molecule has 0 fully saturated rings. The van der Waals surface area contributed by atoms with Crippen LogP contribution in [0.3, 0.4) is 0 Å². The summed E-state index contributed by atoms with van der Waals surface area (Å²) in [6.07, 6.45) is 3.25. The molecule has 0 aromatic carbocycles. The fourth-order valence-electron chi connectivity index (χ4n) is 0.755. The second-order valence-electron chi connectivity index (χ2n) is 2.63. The third kappa shape index (κ3) is 7.41. The number of unbranched alkanes of at least 4 members (excludes halogenated alkanes) is 2. The van der Waals surface area contributed by atoms with Crippen molar-refractivity contribution < 1.29 is 9.53 Å². The van der Waals surface area contributed by atoms with E-state index in [0.717, 1.165) is 19.3 Å². The van der Waals surface area contributed by atoms with Gasteiger partial charge in [0.1, 0.15) is 0 Å². The summed E-state index contributed by atoms with van der Waals surface area (Å²) in [5.41, 5.74) is -0.947. The summed E-state index contributed by atoms with van der Waals surface area (Å²) in [7, 11) is 0. The van der Waals surface area contributed by atoms with Crippen molar-refractivity contribution in [1.82, 2.24) is 0 Å². The summed E-state index contributed by atoms with van der Waals surface area (Å²) < 4.78 is 4.72. The molecule has 0 amide bonds. The number of hydrogen-bond acceptors (Lipinski definition) is 2. The van der Waals surface area contributed by atoms with Crippen LogP contribution < -0.4 is 0 Å². The third-order valence-corrected chi connectivity index (χ3v) is 2.48. The minimum absolute atomic E-state index is 0.347. The summed E-state index contributed by atoms with van der Waals surface area (Å²) in [6.45, 7) is 2.06. The van der Waals surface area contributed by atoms with Crippen LogP contribution in [0.5, 0.6) is 0 Å². The van der Waals surface area contributed by atoms with Gasteiger partial charge in [-0.1, -0.05) is 54.6 Å². The number of ether oxygens (including phenoxy) is 1. The molecule has 0 saturated carbocycles. The maximum atomic E-state index is 11.0. The first-order chi connectivity index (χ1) is 6.07. The fraction of sp³-hybridized carbons (Fsp3) is 0.875. The van der Waals surface area contributed by atoms with Gasteiger partial charge in [0, 0.05) is 6.42 Å². The van der Waals surface area contributed by atoms with Crippen molar-refractivity contribution >= 4 is 40.8 Å². The standard InChI is InChI=1S/C8H13Cl3O2/c1-2-3-4-5-6(12)13-8(11)7(9)10/h7-8H,2-5H2,1H3. The molecular weight excluding hydrogens is 234 g/mol. The highest BCUT2D eigenvalue weighted by Crippen LogP contribution is 2.16. The minimum atomic E-state index is -0.947. The zero-order valence-electron chi connectivity index (χ0n) is 7.43. The number of carbonyl (C=O) groups is 1. The Kier molecular flexibility index (Phi) is 7.92. The first kappa shape index (κ1) is 13.3. The van der Waals surface area contributed by atoms with Crippen LogP contribution in [0.4, 0.5) is 0 Å². The molecule has 0 bridgehead atoms. The van der Waals surface area contributed by atoms with Crippen LogP contribution in [-0.2, 0) is 9.53 Å². The predicted octanol–water partition coefficient (Wildman–Crippen LogP) is 3.48. The molecule has 13 heavy (non-hydrogen) atoms. The van der Waals surface area contributed by atoms with E-state index in [-0.39, 0.29) is 5.97 Å². The number of alkyl halides is 3. The van der Waals surface area contributed by atoms with E-state index in [1.807, 2.05) is 0 Å². The number of halogens is 3. The molecule has 78 valence electrons. The Morgan fingerprint density at radius 2 is 1.92 bits per heavy atom. The summed E-state index contributed by atoms with van der Waals surface area (Å²) in [6, 6.07) is 0. The summed E-state index contributed by atoms with van der Waals surface area (Å²) >= 11 is 16.3. The molecule has 0 aliphatic heterocycles. The molecule has 5 heteroatoms. The van der Waals surface area contributed by atoms with Crippen molar-refractivity contribution in [2.75, 3.05) is 0 Å². The molecule has 0 aromatic rings. The van der Waals surface area contributed by atoms with Crippen LogP contribution in [0.25, 0.3) is 0 Å². The van der Waals surface area contributed by atoms with Gasteiger partial charge in [-0.15, -0.1) is 0 Å². The monoisotopic (exact) mass is 246 g/mol. The van der Waals surface area contributed by atoms with Gasteiger partial charge < -0.3 is 4.74 Å². The van der Waals surface area contributed by atoms with Crippen molar-refractivity contribution in [3.05, 3.63) is 0 Å². The van der Waals surface area contributed by atoms with Crippen molar-refractivity contribution in [1.29, 1.82) is 0 Å². The Hall–Kier alpha value is 0.340. The lowest BCUT2D eigenvalue weighted by atomic mass is 10.2. The maximum absolute atomic E-state index is 11.0. The largest absolute Gasteiger partial charge is 0.443 e. The molecular formula is C8H13Cl3O2. The second-order valence-corrected chi connectivity index (χ2v) is 4.23. The van der Waals surface area contributed by atoms with E-state index in [9.17, 15) is 4.79 Å². The van der Waals surface area contributed by atoms with Gasteiger partial charge in [0.2, 0.25) is 5.56 Å². The Morgan fingerprint density at radius 1 is 1.31 bits per heavy atom. The average Bonchev–Trinajstić information content (AvgIpc) is 2.04. The predicted molar refractivity (Wildman–Crippen MR) is 55.4 cm³/mol. The van der Waals surface area contributed by atoms with Gasteiger partial charge in [0.05, 0.1) is 0 Å². The van der Waals surface area contributed by atoms with Crippen LogP contribution in [0.1, 0.15) is 32.6 Å². The lowest BCUT2D eigenvalue weighted by molar-refractivity contribution is -0.145. The smallest absolute Gasteiger partial charge is 0.307 e. The van der Waals surface area contributed by atoms with E-state index in [4.69, 9.17) is 39.5 Å². The van der Waals surface area contributed by atoms with Gasteiger partial charge in [0.25, 0.3) is 0 Å². The van der Waals surface area contributed by atoms with Gasteiger partial charge in [-0.3, -0.25) is 4.79 Å². The highest BCUT2D eigenvalue weighted by Gasteiger charge is 2.17. The van der Waals surface area contributed by atoms with Gasteiger partial charge in [0.15, 0.2) is 4.84 Å². The van der Waals surface area contributed by atoms with E-state index in [2.05, 4.69) is 6.92 Å². The Balaban J connectivity index is 3.50. The van der Waals surface area contributed by atoms with E-state index < -0.39 is 10.4 Å². The number of carbonyl (C=O) groups excluding carboxylic acids is 1. The molecule has 0 aliphatic rings. The van der Waals surface area contributed by atoms with Crippen LogP contribution in [0.2, 0.25) is 0 Å².